The van der Waals surface area contributed by atoms with E-state index in [0.717, 1.165) is 25.1 Å². The van der Waals surface area contributed by atoms with Crippen LogP contribution in [-0.2, 0) is 6.54 Å². The van der Waals surface area contributed by atoms with Crippen LogP contribution in [0.4, 0.5) is 0 Å². The molecule has 1 fully saturated rings. The van der Waals surface area contributed by atoms with E-state index < -0.39 is 0 Å². The third-order valence-electron chi connectivity index (χ3n) is 4.24. The van der Waals surface area contributed by atoms with Crippen LogP contribution in [0.15, 0.2) is 4.79 Å². The van der Waals surface area contributed by atoms with Crippen LogP contribution in [-0.4, -0.2) is 26.1 Å². The Bertz CT molecular complexity index is 804. The summed E-state index contributed by atoms with van der Waals surface area (Å²) in [6, 6.07) is 0.302. The fourth-order valence-corrected chi connectivity index (χ4v) is 3.12. The third-order valence-corrected chi connectivity index (χ3v) is 4.24. The van der Waals surface area contributed by atoms with Crippen molar-refractivity contribution < 1.29 is 4.74 Å². The van der Waals surface area contributed by atoms with Gasteiger partial charge in [0.15, 0.2) is 17.8 Å². The van der Waals surface area contributed by atoms with Crippen LogP contribution in [0.2, 0.25) is 0 Å². The first-order valence-electron chi connectivity index (χ1n) is 8.27. The summed E-state index contributed by atoms with van der Waals surface area (Å²) in [6.07, 6.45) is 5.61. The van der Waals surface area contributed by atoms with Gasteiger partial charge in [-0.25, -0.2) is 4.98 Å². The third kappa shape index (κ3) is 3.09. The molecule has 1 aliphatic carbocycles. The average Bonchev–Trinajstić information content (AvgIpc) is 3.20. The summed E-state index contributed by atoms with van der Waals surface area (Å²) in [7, 11) is 0. The van der Waals surface area contributed by atoms with Gasteiger partial charge in [0, 0.05) is 12.5 Å². The van der Waals surface area contributed by atoms with Gasteiger partial charge in [0.05, 0.1) is 0 Å². The van der Waals surface area contributed by atoms with E-state index >= 15 is 0 Å². The minimum Gasteiger partial charge on any atom is -0.451 e. The highest BCUT2D eigenvalue weighted by Gasteiger charge is 2.23. The second-order valence-electron chi connectivity index (χ2n) is 5.87. The van der Waals surface area contributed by atoms with Gasteiger partial charge in [-0.15, -0.1) is 5.92 Å². The van der Waals surface area contributed by atoms with Gasteiger partial charge in [0.25, 0.3) is 0 Å². The number of hydrogen-bond acceptors (Lipinski definition) is 4. The number of fused-ring (bicyclic) bond motifs is 1. The Balaban J connectivity index is 2.07. The van der Waals surface area contributed by atoms with Crippen molar-refractivity contribution in [1.29, 1.82) is 0 Å². The summed E-state index contributed by atoms with van der Waals surface area (Å²) in [5.41, 5.74) is 0.811. The molecular weight excluding hydrogens is 292 g/mol. The topological polar surface area (TPSA) is 72.8 Å². The van der Waals surface area contributed by atoms with E-state index in [9.17, 15) is 4.79 Å². The summed E-state index contributed by atoms with van der Waals surface area (Å²) in [6.45, 7) is 4.75. The maximum atomic E-state index is 12.3. The van der Waals surface area contributed by atoms with Gasteiger partial charge in [-0.3, -0.25) is 9.36 Å². The fourth-order valence-electron chi connectivity index (χ4n) is 3.12. The molecule has 2 aromatic heterocycles. The van der Waals surface area contributed by atoms with Gasteiger partial charge >= 0.3 is 11.6 Å². The molecule has 1 aliphatic rings. The molecule has 122 valence electrons. The molecule has 0 aromatic carbocycles. The lowest BCUT2D eigenvalue weighted by atomic mass is 10.1. The molecule has 0 aliphatic heterocycles. The largest absolute Gasteiger partial charge is 0.451 e. The van der Waals surface area contributed by atoms with Gasteiger partial charge in [-0.2, -0.15) is 4.98 Å². The number of imidazole rings is 1. The van der Waals surface area contributed by atoms with Crippen LogP contribution in [0, 0.1) is 11.8 Å². The average molecular weight is 314 g/mol. The predicted molar refractivity (Wildman–Crippen MR) is 88.6 cm³/mol. The van der Waals surface area contributed by atoms with E-state index in [1.54, 1.807) is 6.92 Å². The molecule has 0 amide bonds. The van der Waals surface area contributed by atoms with Crippen LogP contribution in [0.3, 0.4) is 0 Å². The van der Waals surface area contributed by atoms with Gasteiger partial charge in [-0.1, -0.05) is 25.7 Å². The van der Waals surface area contributed by atoms with Gasteiger partial charge in [0.1, 0.15) is 5.82 Å². The van der Waals surface area contributed by atoms with E-state index in [1.165, 1.54) is 12.8 Å². The molecule has 0 unspecified atom stereocenters. The Kier molecular flexibility index (Phi) is 4.65. The summed E-state index contributed by atoms with van der Waals surface area (Å²) in [5, 5.41) is 0. The zero-order chi connectivity index (χ0) is 16.2. The summed E-state index contributed by atoms with van der Waals surface area (Å²) >= 11 is 0. The number of rotatable bonds is 5. The van der Waals surface area contributed by atoms with Crippen molar-refractivity contribution in [2.24, 2.45) is 0 Å². The van der Waals surface area contributed by atoms with Crippen molar-refractivity contribution in [3.63, 3.8) is 0 Å². The van der Waals surface area contributed by atoms with E-state index in [-0.39, 0.29) is 12.2 Å². The molecular formula is C17H22N4O2. The number of nitrogens with one attached hydrogen (secondary N) is 1. The smallest absolute Gasteiger partial charge is 0.302 e. The number of aromatic nitrogens is 4. The Morgan fingerprint density at radius 1 is 1.35 bits per heavy atom. The Hall–Kier alpha value is -2.29. The SMILES string of the molecule is CC#CCOc1nc(=O)c2[nH]c(C3CCCC3)nc2n1CCC. The van der Waals surface area contributed by atoms with Crippen molar-refractivity contribution in [2.75, 3.05) is 6.61 Å². The van der Waals surface area contributed by atoms with Gasteiger partial charge in [0.2, 0.25) is 0 Å². The molecule has 0 spiro atoms. The lowest BCUT2D eigenvalue weighted by Crippen LogP contribution is -2.17. The number of hydrogen-bond donors (Lipinski definition) is 1. The van der Waals surface area contributed by atoms with Crippen molar-refractivity contribution in [1.82, 2.24) is 19.5 Å². The summed E-state index contributed by atoms with van der Waals surface area (Å²) in [4.78, 5) is 24.3. The highest BCUT2D eigenvalue weighted by molar-refractivity contribution is 5.70. The minimum absolute atomic E-state index is 0.220. The number of ether oxygens (including phenoxy) is 1. The van der Waals surface area contributed by atoms with E-state index in [2.05, 4.69) is 28.7 Å². The molecule has 2 aromatic rings. The van der Waals surface area contributed by atoms with E-state index in [1.807, 2.05) is 4.57 Å². The second-order valence-corrected chi connectivity index (χ2v) is 5.87. The van der Waals surface area contributed by atoms with Gasteiger partial charge < -0.3 is 9.72 Å². The van der Waals surface area contributed by atoms with Crippen LogP contribution in [0.5, 0.6) is 6.01 Å². The lowest BCUT2D eigenvalue weighted by molar-refractivity contribution is 0.316. The summed E-state index contributed by atoms with van der Waals surface area (Å²) < 4.78 is 7.46. The molecule has 0 saturated heterocycles. The predicted octanol–water partition coefficient (Wildman–Crippen LogP) is 2.59. The molecule has 1 saturated carbocycles. The zero-order valence-electron chi connectivity index (χ0n) is 13.7. The number of H-pyrrole nitrogens is 1. The van der Waals surface area contributed by atoms with Crippen molar-refractivity contribution in [3.8, 4) is 17.9 Å². The quantitative estimate of drug-likeness (QED) is 0.861. The number of aromatic amines is 1. The van der Waals surface area contributed by atoms with Crippen molar-refractivity contribution in [3.05, 3.63) is 16.2 Å². The molecule has 6 heteroatoms. The summed E-state index contributed by atoms with van der Waals surface area (Å²) in [5.74, 6) is 6.93. The molecule has 0 bridgehead atoms. The number of nitrogens with zero attached hydrogens (tertiary/aromatic N) is 3. The van der Waals surface area contributed by atoms with Crippen molar-refractivity contribution in [2.45, 2.75) is 58.4 Å². The van der Waals surface area contributed by atoms with Crippen LogP contribution in [0.25, 0.3) is 11.2 Å². The highest BCUT2D eigenvalue weighted by Crippen LogP contribution is 2.33. The second kappa shape index (κ2) is 6.86. The number of aryl methyl sites for hydroxylation is 1. The Morgan fingerprint density at radius 2 is 2.13 bits per heavy atom. The van der Waals surface area contributed by atoms with Crippen LogP contribution >= 0.6 is 0 Å². The first kappa shape index (κ1) is 15.6. The first-order chi connectivity index (χ1) is 11.2. The first-order valence-corrected chi connectivity index (χ1v) is 8.27. The maximum absolute atomic E-state index is 12.3. The van der Waals surface area contributed by atoms with E-state index in [4.69, 9.17) is 9.72 Å². The monoisotopic (exact) mass is 314 g/mol. The lowest BCUT2D eigenvalue weighted by Gasteiger charge is -2.11. The standard InChI is InChI=1S/C17H22N4O2/c1-3-5-11-23-17-20-16(22)13-15(21(17)10-4-2)19-14(18-13)12-8-6-7-9-12/h12H,4,6-11H2,1-2H3,(H,18,19). The molecule has 1 N–H and O–H groups in total. The van der Waals surface area contributed by atoms with Gasteiger partial charge in [-0.05, 0) is 26.2 Å². The molecule has 23 heavy (non-hydrogen) atoms. The molecule has 3 rings (SSSR count). The normalized spacial score (nSPS) is 14.9. The molecule has 2 heterocycles. The molecule has 0 radical (unpaired) electrons. The molecule has 0 atom stereocenters. The zero-order valence-corrected chi connectivity index (χ0v) is 13.7. The van der Waals surface area contributed by atoms with E-state index in [0.29, 0.717) is 29.6 Å². The van der Waals surface area contributed by atoms with Crippen molar-refractivity contribution >= 4 is 11.2 Å². The van der Waals surface area contributed by atoms with Crippen LogP contribution < -0.4 is 10.3 Å². The Labute approximate surface area is 135 Å². The highest BCUT2D eigenvalue weighted by atomic mass is 16.5. The minimum atomic E-state index is -0.316. The Morgan fingerprint density at radius 3 is 2.83 bits per heavy atom. The van der Waals surface area contributed by atoms with Crippen LogP contribution in [0.1, 0.15) is 57.7 Å². The molecule has 6 nitrogen and oxygen atoms in total. The maximum Gasteiger partial charge on any atom is 0.302 e. The fraction of sp³-hybridized carbons (Fsp3) is 0.588.